The van der Waals surface area contributed by atoms with Gasteiger partial charge < -0.3 is 14.5 Å². The summed E-state index contributed by atoms with van der Waals surface area (Å²) in [6, 6.07) is 12.3. The van der Waals surface area contributed by atoms with E-state index in [9.17, 15) is 19.2 Å². The van der Waals surface area contributed by atoms with Crippen molar-refractivity contribution in [3.05, 3.63) is 97.0 Å². The molecule has 2 aromatic heterocycles. The minimum absolute atomic E-state index is 0.0825. The Morgan fingerprint density at radius 1 is 1.06 bits per heavy atom. The predicted octanol–water partition coefficient (Wildman–Crippen LogP) is 5.96. The number of halogens is 1. The number of esters is 1. The van der Waals surface area contributed by atoms with E-state index in [-0.39, 0.29) is 54.5 Å². The van der Waals surface area contributed by atoms with Crippen LogP contribution in [0.5, 0.6) is 0 Å². The molecular weight excluding hydrogens is 674 g/mol. The van der Waals surface area contributed by atoms with Gasteiger partial charge in [-0.1, -0.05) is 36.7 Å². The molecule has 0 radical (unpaired) electrons. The number of benzene rings is 2. The fraction of sp³-hybridized carbons (Fsp3) is 0.432. The Morgan fingerprint density at radius 2 is 1.75 bits per heavy atom. The van der Waals surface area contributed by atoms with E-state index in [1.54, 1.807) is 35.9 Å². The monoisotopic (exact) mass is 715 g/mol. The van der Waals surface area contributed by atoms with E-state index in [0.717, 1.165) is 40.6 Å². The van der Waals surface area contributed by atoms with E-state index in [2.05, 4.69) is 15.9 Å². The van der Waals surface area contributed by atoms with Gasteiger partial charge in [-0.05, 0) is 99.4 Å². The van der Waals surface area contributed by atoms with Gasteiger partial charge in [0, 0.05) is 39.8 Å². The minimum Gasteiger partial charge on any atom is -0.444 e. The van der Waals surface area contributed by atoms with Crippen molar-refractivity contribution in [1.82, 2.24) is 24.0 Å². The molecule has 1 aliphatic heterocycles. The molecular formula is C37H42BrN5O5. The first-order valence-electron chi connectivity index (χ1n) is 16.6. The summed E-state index contributed by atoms with van der Waals surface area (Å²) in [4.78, 5) is 56.9. The Labute approximate surface area is 288 Å². The molecule has 2 atom stereocenters. The molecule has 252 valence electrons. The highest BCUT2D eigenvalue weighted by atomic mass is 79.9. The van der Waals surface area contributed by atoms with Gasteiger partial charge in [-0.25, -0.2) is 4.52 Å². The van der Waals surface area contributed by atoms with Crippen molar-refractivity contribution >= 4 is 39.4 Å². The van der Waals surface area contributed by atoms with Crippen LogP contribution in [0, 0.1) is 24.7 Å². The summed E-state index contributed by atoms with van der Waals surface area (Å²) in [5.41, 5.74) is 5.50. The molecule has 2 aliphatic rings. The number of amides is 2. The Balaban J connectivity index is 1.33. The lowest BCUT2D eigenvalue weighted by Gasteiger charge is -2.35. The van der Waals surface area contributed by atoms with Gasteiger partial charge in [0.1, 0.15) is 5.65 Å². The lowest BCUT2D eigenvalue weighted by Crippen LogP contribution is -2.46. The molecule has 3 heterocycles. The number of hydrogen-bond acceptors (Lipinski definition) is 6. The van der Waals surface area contributed by atoms with Gasteiger partial charge in [0.2, 0.25) is 0 Å². The number of nitrogens with zero attached hydrogens (tertiary/aromatic N) is 5. The van der Waals surface area contributed by atoms with Crippen molar-refractivity contribution < 1.29 is 19.1 Å². The summed E-state index contributed by atoms with van der Waals surface area (Å²) in [5, 5.41) is 4.79. The Morgan fingerprint density at radius 3 is 2.40 bits per heavy atom. The first-order valence-corrected chi connectivity index (χ1v) is 17.4. The number of fused-ring (bicyclic) bond motifs is 3. The topological polar surface area (TPSA) is 106 Å². The number of ether oxygens (including phenoxy) is 1. The van der Waals surface area contributed by atoms with Crippen molar-refractivity contribution in [2.45, 2.75) is 72.9 Å². The number of carbonyl (C=O) groups is 3. The van der Waals surface area contributed by atoms with Crippen molar-refractivity contribution in [3.8, 4) is 5.69 Å². The van der Waals surface area contributed by atoms with Crippen LogP contribution in [0.4, 0.5) is 0 Å². The molecule has 11 heteroatoms. The molecule has 4 aromatic rings. The summed E-state index contributed by atoms with van der Waals surface area (Å²) >= 11 is 3.52. The van der Waals surface area contributed by atoms with Crippen LogP contribution in [0.25, 0.3) is 11.3 Å². The molecule has 10 nitrogen and oxygen atoms in total. The third kappa shape index (κ3) is 6.44. The van der Waals surface area contributed by atoms with Crippen molar-refractivity contribution in [2.24, 2.45) is 17.8 Å². The molecule has 0 unspecified atom stereocenters. The summed E-state index contributed by atoms with van der Waals surface area (Å²) in [5.74, 6) is -0.298. The highest BCUT2D eigenvalue weighted by Crippen LogP contribution is 2.35. The third-order valence-corrected chi connectivity index (χ3v) is 10.7. The molecule has 0 bridgehead atoms. The summed E-state index contributed by atoms with van der Waals surface area (Å²) in [6.45, 7) is 9.75. The molecule has 0 N–H and O–H groups in total. The van der Waals surface area contributed by atoms with Crippen LogP contribution in [0.2, 0.25) is 0 Å². The molecule has 0 spiro atoms. The Kier molecular flexibility index (Phi) is 9.35. The first kappa shape index (κ1) is 33.6. The molecule has 2 amide bonds. The molecule has 48 heavy (non-hydrogen) atoms. The fourth-order valence-electron chi connectivity index (χ4n) is 6.21. The van der Waals surface area contributed by atoms with Crippen LogP contribution < -0.4 is 5.56 Å². The van der Waals surface area contributed by atoms with Gasteiger partial charge in [-0.2, -0.15) is 5.10 Å². The predicted molar refractivity (Wildman–Crippen MR) is 186 cm³/mol. The van der Waals surface area contributed by atoms with E-state index in [1.807, 2.05) is 68.4 Å². The third-order valence-electron chi connectivity index (χ3n) is 9.81. The molecule has 2 aromatic carbocycles. The standard InChI is InChI=1S/C37H42BrN5O5/c1-21(2)24(5)37(47)48-20-40(6)34(44)26-9-12-29(13-10-26)42-33-28(17-25-7-8-25)18-39-43(33)32-19-41(23(4)16-30(32)36(42)46)35(45)27-11-14-31(38)22(3)15-27/h9-15,18,21,23-25H,7-8,16-17,19-20H2,1-6H3/t23-,24-/m0/s1. The van der Waals surface area contributed by atoms with E-state index in [4.69, 9.17) is 9.84 Å². The van der Waals surface area contributed by atoms with Crippen molar-refractivity contribution in [3.63, 3.8) is 0 Å². The van der Waals surface area contributed by atoms with Crippen LogP contribution in [0.3, 0.4) is 0 Å². The molecule has 1 aliphatic carbocycles. The maximum absolute atomic E-state index is 14.4. The van der Waals surface area contributed by atoms with Gasteiger partial charge >= 0.3 is 5.97 Å². The van der Waals surface area contributed by atoms with E-state index < -0.39 is 0 Å². The number of aryl methyl sites for hydroxylation is 1. The quantitative estimate of drug-likeness (QED) is 0.156. The van der Waals surface area contributed by atoms with E-state index in [0.29, 0.717) is 40.4 Å². The van der Waals surface area contributed by atoms with Gasteiger partial charge in [0.05, 0.1) is 30.0 Å². The minimum atomic E-state index is -0.344. The van der Waals surface area contributed by atoms with Crippen LogP contribution >= 0.6 is 15.9 Å². The van der Waals surface area contributed by atoms with Crippen LogP contribution in [0.15, 0.2) is 57.9 Å². The summed E-state index contributed by atoms with van der Waals surface area (Å²) < 4.78 is 9.86. The van der Waals surface area contributed by atoms with E-state index >= 15 is 0 Å². The number of rotatable bonds is 9. The SMILES string of the molecule is Cc1cc(C(=O)N2Cc3c(c(=O)n(-c4ccc(C(=O)N(C)COC(=O)[C@@H](C)C(C)C)cc4)c4c(CC5CC5)cnn34)C[C@@H]2C)ccc1Br. The maximum atomic E-state index is 14.4. The number of aromatic nitrogens is 3. The van der Waals surface area contributed by atoms with Gasteiger partial charge in [-0.3, -0.25) is 23.7 Å². The maximum Gasteiger partial charge on any atom is 0.310 e. The molecule has 1 fully saturated rings. The molecule has 6 rings (SSSR count). The second-order valence-corrected chi connectivity index (χ2v) is 14.6. The highest BCUT2D eigenvalue weighted by Gasteiger charge is 2.34. The lowest BCUT2D eigenvalue weighted by atomic mass is 9.98. The Bertz CT molecular complexity index is 1960. The van der Waals surface area contributed by atoms with Crippen LogP contribution in [-0.2, 0) is 28.9 Å². The highest BCUT2D eigenvalue weighted by molar-refractivity contribution is 9.10. The van der Waals surface area contributed by atoms with E-state index in [1.165, 1.54) is 4.90 Å². The molecule has 1 saturated carbocycles. The zero-order chi connectivity index (χ0) is 34.4. The van der Waals surface area contributed by atoms with Crippen molar-refractivity contribution in [2.75, 3.05) is 13.8 Å². The second-order valence-electron chi connectivity index (χ2n) is 13.7. The zero-order valence-electron chi connectivity index (χ0n) is 28.3. The fourth-order valence-corrected chi connectivity index (χ4v) is 6.46. The number of hydrogen-bond donors (Lipinski definition) is 0. The normalized spacial score (nSPS) is 16.6. The largest absolute Gasteiger partial charge is 0.444 e. The van der Waals surface area contributed by atoms with Gasteiger partial charge in [0.15, 0.2) is 6.73 Å². The zero-order valence-corrected chi connectivity index (χ0v) is 29.9. The average molecular weight is 717 g/mol. The molecule has 0 saturated heterocycles. The second kappa shape index (κ2) is 13.3. The van der Waals surface area contributed by atoms with Crippen LogP contribution in [0.1, 0.15) is 83.6 Å². The first-order chi connectivity index (χ1) is 22.8. The Hall–Kier alpha value is -4.25. The number of carbonyl (C=O) groups excluding carboxylic acids is 3. The lowest BCUT2D eigenvalue weighted by molar-refractivity contribution is -0.152. The van der Waals surface area contributed by atoms with Crippen LogP contribution in [-0.4, -0.2) is 61.6 Å². The van der Waals surface area contributed by atoms with Gasteiger partial charge in [-0.15, -0.1) is 0 Å². The van der Waals surface area contributed by atoms with Gasteiger partial charge in [0.25, 0.3) is 17.4 Å². The van der Waals surface area contributed by atoms with Crippen molar-refractivity contribution in [1.29, 1.82) is 0 Å². The smallest absolute Gasteiger partial charge is 0.310 e. The summed E-state index contributed by atoms with van der Waals surface area (Å²) in [7, 11) is 1.59. The average Bonchev–Trinajstić information content (AvgIpc) is 3.81. The summed E-state index contributed by atoms with van der Waals surface area (Å²) in [6.07, 6.45) is 5.34.